The van der Waals surface area contributed by atoms with Gasteiger partial charge >= 0.3 is 12.2 Å². The van der Waals surface area contributed by atoms with Crippen molar-refractivity contribution in [2.24, 2.45) is 11.8 Å². The normalized spacial score (nSPS) is 25.2. The van der Waals surface area contributed by atoms with Crippen LogP contribution in [0.5, 0.6) is 0 Å². The molecule has 0 bridgehead atoms. The number of halogens is 4. The number of likely N-dealkylation sites (tertiary alicyclic amines) is 1. The second kappa shape index (κ2) is 11.0. The van der Waals surface area contributed by atoms with E-state index < -0.39 is 23.6 Å². The van der Waals surface area contributed by atoms with E-state index in [4.69, 9.17) is 0 Å². The Morgan fingerprint density at radius 3 is 2.58 bits per heavy atom. The molecule has 214 valence electrons. The van der Waals surface area contributed by atoms with E-state index in [2.05, 4.69) is 36.2 Å². The lowest BCUT2D eigenvalue weighted by Crippen LogP contribution is -2.49. The summed E-state index contributed by atoms with van der Waals surface area (Å²) >= 11 is 0. The smallest absolute Gasteiger partial charge is 0.321 e. The number of anilines is 1. The predicted molar refractivity (Wildman–Crippen MR) is 145 cm³/mol. The Balaban J connectivity index is 1.33. The van der Waals surface area contributed by atoms with E-state index in [1.165, 1.54) is 11.6 Å². The summed E-state index contributed by atoms with van der Waals surface area (Å²) in [5.74, 6) is -0.670. The van der Waals surface area contributed by atoms with E-state index in [0.717, 1.165) is 57.7 Å². The van der Waals surface area contributed by atoms with Crippen molar-refractivity contribution >= 4 is 11.7 Å². The van der Waals surface area contributed by atoms with Crippen LogP contribution in [0, 0.1) is 29.0 Å². The third kappa shape index (κ3) is 5.83. The Labute approximate surface area is 233 Å². The summed E-state index contributed by atoms with van der Waals surface area (Å²) in [6.07, 6.45) is 0.552. The van der Waals surface area contributed by atoms with Crippen molar-refractivity contribution in [2.75, 3.05) is 25.0 Å². The van der Waals surface area contributed by atoms with Crippen molar-refractivity contribution in [3.8, 4) is 6.07 Å². The molecular formula is C31H36F4N4O. The highest BCUT2D eigenvalue weighted by atomic mass is 19.4. The van der Waals surface area contributed by atoms with Gasteiger partial charge in [-0.2, -0.15) is 18.4 Å². The summed E-state index contributed by atoms with van der Waals surface area (Å²) in [6, 6.07) is 12.6. The number of alkyl halides is 3. The highest BCUT2D eigenvalue weighted by Crippen LogP contribution is 2.63. The molecule has 1 aliphatic heterocycles. The van der Waals surface area contributed by atoms with Gasteiger partial charge in [-0.1, -0.05) is 12.1 Å². The molecule has 40 heavy (non-hydrogen) atoms. The van der Waals surface area contributed by atoms with Crippen molar-refractivity contribution < 1.29 is 22.4 Å². The lowest BCUT2D eigenvalue weighted by molar-refractivity contribution is -0.139. The zero-order valence-corrected chi connectivity index (χ0v) is 23.0. The molecule has 1 saturated heterocycles. The van der Waals surface area contributed by atoms with Gasteiger partial charge in [0.15, 0.2) is 0 Å². The Morgan fingerprint density at radius 2 is 1.93 bits per heavy atom. The standard InChI is InChI=1S/C31H36F4N4O/c1-20(2)38-12-9-21(10-13-38)19-39(29(40)37-25-6-7-28(32)27(16-25)31(33,34)35)26-8-11-30(17-24(30)15-26)23-5-3-4-22(14-23)18-36/h3-7,14,16,20-21,24,26H,8-13,15,17,19H2,1-2H3,(H,37,40)/t24?,26-,30-/m1/s1. The zero-order chi connectivity index (χ0) is 28.7. The minimum Gasteiger partial charge on any atom is -0.321 e. The van der Waals surface area contributed by atoms with Gasteiger partial charge in [-0.3, -0.25) is 0 Å². The number of hydrogen-bond acceptors (Lipinski definition) is 3. The lowest BCUT2D eigenvalue weighted by Gasteiger charge is -2.41. The Morgan fingerprint density at radius 1 is 1.18 bits per heavy atom. The summed E-state index contributed by atoms with van der Waals surface area (Å²) in [6.45, 7) is 6.80. The molecule has 0 aromatic heterocycles. The fourth-order valence-electron chi connectivity index (χ4n) is 6.89. The maximum Gasteiger partial charge on any atom is 0.419 e. The van der Waals surface area contributed by atoms with Gasteiger partial charge in [-0.15, -0.1) is 0 Å². The van der Waals surface area contributed by atoms with E-state index >= 15 is 0 Å². The average Bonchev–Trinajstić information content (AvgIpc) is 3.67. The van der Waals surface area contributed by atoms with Crippen molar-refractivity contribution in [1.29, 1.82) is 5.26 Å². The van der Waals surface area contributed by atoms with Crippen LogP contribution in [-0.2, 0) is 11.6 Å². The third-order valence-electron chi connectivity index (χ3n) is 9.34. The number of nitrogens with one attached hydrogen (secondary N) is 1. The molecule has 1 heterocycles. The van der Waals surface area contributed by atoms with Crippen LogP contribution in [0.2, 0.25) is 0 Å². The predicted octanol–water partition coefficient (Wildman–Crippen LogP) is 7.18. The van der Waals surface area contributed by atoms with Crippen LogP contribution >= 0.6 is 0 Å². The first kappa shape index (κ1) is 28.4. The lowest BCUT2D eigenvalue weighted by atomic mass is 9.79. The summed E-state index contributed by atoms with van der Waals surface area (Å²) in [5.41, 5.74) is 0.400. The average molecular weight is 557 g/mol. The van der Waals surface area contributed by atoms with Crippen molar-refractivity contribution in [1.82, 2.24) is 9.80 Å². The molecule has 0 radical (unpaired) electrons. The highest BCUT2D eigenvalue weighted by Gasteiger charge is 2.58. The molecule has 9 heteroatoms. The largest absolute Gasteiger partial charge is 0.419 e. The SMILES string of the molecule is CC(C)N1CCC(CN(C(=O)Nc2ccc(F)c(C(F)(F)F)c2)[C@@H]2CC[C@]3(c4cccc(C#N)c4)CC3C2)CC1. The number of carbonyl (C=O) groups excluding carboxylic acids is 1. The van der Waals surface area contributed by atoms with Gasteiger partial charge in [0.05, 0.1) is 17.2 Å². The zero-order valence-electron chi connectivity index (χ0n) is 23.0. The van der Waals surface area contributed by atoms with Gasteiger partial charge in [0.1, 0.15) is 5.82 Å². The minimum atomic E-state index is -4.85. The number of nitriles is 1. The minimum absolute atomic E-state index is 0.0344. The summed E-state index contributed by atoms with van der Waals surface area (Å²) in [5, 5.41) is 12.0. The molecule has 3 atom stereocenters. The quantitative estimate of drug-likeness (QED) is 0.384. The molecule has 2 saturated carbocycles. The first-order chi connectivity index (χ1) is 19.0. The van der Waals surface area contributed by atoms with E-state index in [0.29, 0.717) is 36.1 Å². The summed E-state index contributed by atoms with van der Waals surface area (Å²) < 4.78 is 53.8. The fraction of sp³-hybridized carbons (Fsp3) is 0.548. The number of urea groups is 1. The van der Waals surface area contributed by atoms with E-state index in [-0.39, 0.29) is 17.1 Å². The number of rotatable bonds is 6. The Kier molecular flexibility index (Phi) is 7.84. The maximum atomic E-state index is 13.9. The molecule has 3 fully saturated rings. The molecule has 2 aromatic carbocycles. The second-order valence-corrected chi connectivity index (χ2v) is 12.0. The van der Waals surface area contributed by atoms with Gasteiger partial charge in [-0.25, -0.2) is 9.18 Å². The number of benzene rings is 2. The Bertz CT molecular complexity index is 1280. The van der Waals surface area contributed by atoms with Crippen LogP contribution in [0.4, 0.5) is 28.0 Å². The Hall–Kier alpha value is -3.12. The molecule has 1 unspecified atom stereocenters. The van der Waals surface area contributed by atoms with Gasteiger partial charge in [0, 0.05) is 24.3 Å². The number of hydrogen-bond donors (Lipinski definition) is 1. The van der Waals surface area contributed by atoms with Crippen molar-refractivity contribution in [3.05, 3.63) is 65.0 Å². The number of nitrogens with zero attached hydrogens (tertiary/aromatic N) is 3. The van der Waals surface area contributed by atoms with Gasteiger partial charge in [0.2, 0.25) is 0 Å². The van der Waals surface area contributed by atoms with Crippen molar-refractivity contribution in [3.63, 3.8) is 0 Å². The highest BCUT2D eigenvalue weighted by molar-refractivity contribution is 5.89. The van der Waals surface area contributed by atoms with E-state index in [1.54, 1.807) is 6.07 Å². The van der Waals surface area contributed by atoms with Gasteiger partial charge < -0.3 is 15.1 Å². The summed E-state index contributed by atoms with van der Waals surface area (Å²) in [4.78, 5) is 17.9. The van der Waals surface area contributed by atoms with Gasteiger partial charge in [-0.05, 0) is 119 Å². The number of amides is 2. The molecule has 3 aliphatic rings. The van der Waals surface area contributed by atoms with E-state index in [1.807, 2.05) is 17.0 Å². The van der Waals surface area contributed by atoms with Crippen LogP contribution in [0.25, 0.3) is 0 Å². The second-order valence-electron chi connectivity index (χ2n) is 12.0. The topological polar surface area (TPSA) is 59.4 Å². The van der Waals surface area contributed by atoms with Crippen LogP contribution in [0.3, 0.4) is 0 Å². The van der Waals surface area contributed by atoms with E-state index in [9.17, 15) is 27.6 Å². The molecule has 5 rings (SSSR count). The third-order valence-corrected chi connectivity index (χ3v) is 9.34. The molecule has 2 aromatic rings. The van der Waals surface area contributed by atoms with Crippen LogP contribution < -0.4 is 5.32 Å². The number of piperidine rings is 1. The van der Waals surface area contributed by atoms with Gasteiger partial charge in [0.25, 0.3) is 0 Å². The summed E-state index contributed by atoms with van der Waals surface area (Å²) in [7, 11) is 0. The number of carbonyl (C=O) groups is 1. The van der Waals surface area contributed by atoms with Crippen LogP contribution in [0.1, 0.15) is 69.1 Å². The molecule has 1 N–H and O–H groups in total. The molecule has 5 nitrogen and oxygen atoms in total. The monoisotopic (exact) mass is 556 g/mol. The van der Waals surface area contributed by atoms with Crippen LogP contribution in [-0.4, -0.2) is 47.5 Å². The number of fused-ring (bicyclic) bond motifs is 1. The first-order valence-electron chi connectivity index (χ1n) is 14.2. The fourth-order valence-corrected chi connectivity index (χ4v) is 6.89. The van der Waals surface area contributed by atoms with Crippen molar-refractivity contribution in [2.45, 2.75) is 76.0 Å². The molecule has 0 spiro atoms. The molecular weight excluding hydrogens is 520 g/mol. The molecule has 2 aliphatic carbocycles. The first-order valence-corrected chi connectivity index (χ1v) is 14.2. The molecule has 2 amide bonds. The van der Waals surface area contributed by atoms with Crippen LogP contribution in [0.15, 0.2) is 42.5 Å². The maximum absolute atomic E-state index is 13.9.